The smallest absolute Gasteiger partial charge is 0.0309 e. The van der Waals surface area contributed by atoms with Crippen molar-refractivity contribution in [1.29, 1.82) is 0 Å². The third-order valence-corrected chi connectivity index (χ3v) is 4.58. The second-order valence-corrected chi connectivity index (χ2v) is 6.53. The average Bonchev–Trinajstić information content (AvgIpc) is 2.68. The molecule has 0 amide bonds. The molecule has 1 aliphatic rings. The Morgan fingerprint density at radius 3 is 2.47 bits per heavy atom. The van der Waals surface area contributed by atoms with Crippen molar-refractivity contribution in [3.05, 3.63) is 0 Å². The first-order chi connectivity index (χ1) is 7.94. The number of nitrogens with zero attached hydrogens (tertiary/aromatic N) is 1. The summed E-state index contributed by atoms with van der Waals surface area (Å²) >= 11 is 0. The predicted octanol–water partition coefficient (Wildman–Crippen LogP) is 3.40. The fraction of sp³-hybridized carbons (Fsp3) is 1.00. The summed E-state index contributed by atoms with van der Waals surface area (Å²) in [4.78, 5) is 2.73. The van der Waals surface area contributed by atoms with Crippen LogP contribution in [0.2, 0.25) is 0 Å². The van der Waals surface area contributed by atoms with Gasteiger partial charge in [-0.25, -0.2) is 0 Å². The van der Waals surface area contributed by atoms with E-state index in [2.05, 4.69) is 39.5 Å². The van der Waals surface area contributed by atoms with Gasteiger partial charge in [0.2, 0.25) is 0 Å². The zero-order chi connectivity index (χ0) is 13.1. The highest BCUT2D eigenvalue weighted by Crippen LogP contribution is 2.35. The largest absolute Gasteiger partial charge is 0.329 e. The van der Waals surface area contributed by atoms with Crippen molar-refractivity contribution in [2.45, 2.75) is 84.3 Å². The van der Waals surface area contributed by atoms with Crippen molar-refractivity contribution in [2.24, 2.45) is 11.7 Å². The minimum absolute atomic E-state index is 0.209. The van der Waals surface area contributed by atoms with Crippen LogP contribution in [0.4, 0.5) is 0 Å². The van der Waals surface area contributed by atoms with Gasteiger partial charge in [-0.3, -0.25) is 4.90 Å². The van der Waals surface area contributed by atoms with Gasteiger partial charge in [0.25, 0.3) is 0 Å². The Kier molecular flexibility index (Phi) is 5.46. The first-order valence-electron chi connectivity index (χ1n) is 7.43. The van der Waals surface area contributed by atoms with E-state index in [1.54, 1.807) is 0 Å². The third kappa shape index (κ3) is 3.45. The standard InChI is InChI=1S/C15H32N2/c1-6-14-8-7-13(4)17(14)15(5,11-16)10-9-12(2)3/h12-14H,6-11,16H2,1-5H3. The van der Waals surface area contributed by atoms with E-state index in [9.17, 15) is 0 Å². The molecule has 3 unspecified atom stereocenters. The van der Waals surface area contributed by atoms with Gasteiger partial charge in [0.15, 0.2) is 0 Å². The molecule has 3 atom stereocenters. The van der Waals surface area contributed by atoms with Gasteiger partial charge < -0.3 is 5.73 Å². The van der Waals surface area contributed by atoms with Gasteiger partial charge >= 0.3 is 0 Å². The molecule has 0 saturated carbocycles. The van der Waals surface area contributed by atoms with Crippen LogP contribution in [0.5, 0.6) is 0 Å². The van der Waals surface area contributed by atoms with Crippen LogP contribution in [0, 0.1) is 5.92 Å². The summed E-state index contributed by atoms with van der Waals surface area (Å²) in [6.45, 7) is 12.5. The van der Waals surface area contributed by atoms with Gasteiger partial charge in [-0.05, 0) is 51.9 Å². The lowest BCUT2D eigenvalue weighted by Gasteiger charge is -2.45. The van der Waals surface area contributed by atoms with Crippen molar-refractivity contribution in [1.82, 2.24) is 4.90 Å². The monoisotopic (exact) mass is 240 g/mol. The van der Waals surface area contributed by atoms with Gasteiger partial charge in [-0.15, -0.1) is 0 Å². The number of hydrogen-bond donors (Lipinski definition) is 1. The Bertz CT molecular complexity index is 227. The molecule has 1 heterocycles. The summed E-state index contributed by atoms with van der Waals surface area (Å²) < 4.78 is 0. The van der Waals surface area contributed by atoms with Crippen LogP contribution >= 0.6 is 0 Å². The van der Waals surface area contributed by atoms with E-state index in [1.807, 2.05) is 0 Å². The molecule has 0 aromatic rings. The summed E-state index contributed by atoms with van der Waals surface area (Å²) in [7, 11) is 0. The molecule has 0 radical (unpaired) electrons. The highest BCUT2D eigenvalue weighted by atomic mass is 15.3. The van der Waals surface area contributed by atoms with Crippen LogP contribution in [0.3, 0.4) is 0 Å². The number of hydrogen-bond acceptors (Lipinski definition) is 2. The van der Waals surface area contributed by atoms with E-state index in [0.717, 1.165) is 18.5 Å². The van der Waals surface area contributed by atoms with E-state index < -0.39 is 0 Å². The molecule has 0 aromatic carbocycles. The van der Waals surface area contributed by atoms with Gasteiger partial charge in [0, 0.05) is 24.2 Å². The summed E-state index contributed by atoms with van der Waals surface area (Å²) in [6.07, 6.45) is 6.49. The van der Waals surface area contributed by atoms with Gasteiger partial charge in [-0.1, -0.05) is 20.8 Å². The maximum Gasteiger partial charge on any atom is 0.0309 e. The van der Waals surface area contributed by atoms with E-state index in [4.69, 9.17) is 5.73 Å². The Morgan fingerprint density at radius 2 is 2.00 bits per heavy atom. The highest BCUT2D eigenvalue weighted by Gasteiger charge is 2.41. The first kappa shape index (κ1) is 15.0. The Labute approximate surface area is 108 Å². The van der Waals surface area contributed by atoms with Crippen LogP contribution in [0.1, 0.15) is 66.7 Å². The Morgan fingerprint density at radius 1 is 1.35 bits per heavy atom. The van der Waals surface area contributed by atoms with E-state index >= 15 is 0 Å². The number of nitrogens with two attached hydrogens (primary N) is 1. The molecule has 2 nitrogen and oxygen atoms in total. The fourth-order valence-electron chi connectivity index (χ4n) is 3.38. The summed E-state index contributed by atoms with van der Waals surface area (Å²) in [5.41, 5.74) is 6.32. The summed E-state index contributed by atoms with van der Waals surface area (Å²) in [5, 5.41) is 0. The molecule has 1 rings (SSSR count). The molecule has 0 spiro atoms. The molecule has 0 aromatic heterocycles. The van der Waals surface area contributed by atoms with Gasteiger partial charge in [0.05, 0.1) is 0 Å². The molecule has 102 valence electrons. The fourth-order valence-corrected chi connectivity index (χ4v) is 3.38. The minimum atomic E-state index is 0.209. The average molecular weight is 240 g/mol. The van der Waals surface area contributed by atoms with Crippen LogP contribution in [0.15, 0.2) is 0 Å². The second-order valence-electron chi connectivity index (χ2n) is 6.53. The second kappa shape index (κ2) is 6.19. The number of likely N-dealkylation sites (tertiary alicyclic amines) is 1. The lowest BCUT2D eigenvalue weighted by molar-refractivity contribution is 0.0485. The maximum absolute atomic E-state index is 6.11. The van der Waals surface area contributed by atoms with E-state index in [-0.39, 0.29) is 5.54 Å². The van der Waals surface area contributed by atoms with Crippen LogP contribution in [-0.2, 0) is 0 Å². The minimum Gasteiger partial charge on any atom is -0.329 e. The molecular formula is C15H32N2. The van der Waals surface area contributed by atoms with Gasteiger partial charge in [0.1, 0.15) is 0 Å². The molecule has 2 N–H and O–H groups in total. The molecule has 2 heteroatoms. The zero-order valence-electron chi connectivity index (χ0n) is 12.5. The van der Waals surface area contributed by atoms with Crippen molar-refractivity contribution in [2.75, 3.05) is 6.54 Å². The topological polar surface area (TPSA) is 29.3 Å². The SMILES string of the molecule is CCC1CCC(C)N1C(C)(CN)CCC(C)C. The molecule has 0 bridgehead atoms. The normalized spacial score (nSPS) is 29.8. The van der Waals surface area contributed by atoms with Crippen LogP contribution in [0.25, 0.3) is 0 Å². The Balaban J connectivity index is 2.75. The van der Waals surface area contributed by atoms with Crippen molar-refractivity contribution >= 4 is 0 Å². The lowest BCUT2D eigenvalue weighted by Crippen LogP contribution is -2.56. The van der Waals surface area contributed by atoms with Gasteiger partial charge in [-0.2, -0.15) is 0 Å². The van der Waals surface area contributed by atoms with Crippen LogP contribution < -0.4 is 5.73 Å². The molecule has 1 fully saturated rings. The molecule has 0 aliphatic carbocycles. The maximum atomic E-state index is 6.11. The zero-order valence-corrected chi connectivity index (χ0v) is 12.5. The number of rotatable bonds is 6. The molecule has 1 saturated heterocycles. The summed E-state index contributed by atoms with van der Waals surface area (Å²) in [6, 6.07) is 1.46. The lowest BCUT2D eigenvalue weighted by atomic mass is 9.88. The Hall–Kier alpha value is -0.0800. The van der Waals surface area contributed by atoms with Crippen molar-refractivity contribution < 1.29 is 0 Å². The third-order valence-electron chi connectivity index (χ3n) is 4.58. The quantitative estimate of drug-likeness (QED) is 0.771. The first-order valence-corrected chi connectivity index (χ1v) is 7.43. The highest BCUT2D eigenvalue weighted by molar-refractivity contribution is 4.97. The summed E-state index contributed by atoms with van der Waals surface area (Å²) in [5.74, 6) is 0.777. The van der Waals surface area contributed by atoms with Crippen molar-refractivity contribution in [3.8, 4) is 0 Å². The van der Waals surface area contributed by atoms with E-state index in [1.165, 1.54) is 32.1 Å². The predicted molar refractivity (Wildman–Crippen MR) is 76.1 cm³/mol. The van der Waals surface area contributed by atoms with E-state index in [0.29, 0.717) is 6.04 Å². The molecular weight excluding hydrogens is 208 g/mol. The molecule has 1 aliphatic heterocycles. The molecule has 17 heavy (non-hydrogen) atoms. The van der Waals surface area contributed by atoms with Crippen LogP contribution in [-0.4, -0.2) is 29.1 Å². The van der Waals surface area contributed by atoms with Crippen molar-refractivity contribution in [3.63, 3.8) is 0 Å².